The van der Waals surface area contributed by atoms with Gasteiger partial charge in [0.1, 0.15) is 6.61 Å². The van der Waals surface area contributed by atoms with Gasteiger partial charge in [0.25, 0.3) is 5.69 Å². The minimum absolute atomic E-state index is 0.00365. The van der Waals surface area contributed by atoms with E-state index < -0.39 is 4.92 Å². The maximum atomic E-state index is 12.2. The van der Waals surface area contributed by atoms with Crippen LogP contribution in [0.15, 0.2) is 48.5 Å². The van der Waals surface area contributed by atoms with Crippen molar-refractivity contribution < 1.29 is 19.2 Å². The summed E-state index contributed by atoms with van der Waals surface area (Å²) in [6.07, 6.45) is -0.136. The Bertz CT molecular complexity index is 775. The van der Waals surface area contributed by atoms with E-state index >= 15 is 0 Å². The highest BCUT2D eigenvalue weighted by atomic mass is 16.6. The van der Waals surface area contributed by atoms with E-state index in [9.17, 15) is 14.9 Å². The number of hydrogen-bond acceptors (Lipinski definition) is 5. The van der Waals surface area contributed by atoms with E-state index in [1.54, 1.807) is 12.1 Å². The molecule has 2 atom stereocenters. The molecule has 0 saturated heterocycles. The van der Waals surface area contributed by atoms with Crippen LogP contribution in [-0.4, -0.2) is 29.6 Å². The number of nitrogens with zero attached hydrogens (tertiary/aromatic N) is 1. The topological polar surface area (TPSA) is 90.7 Å². The third-order valence-electron chi connectivity index (χ3n) is 3.99. The Labute approximate surface area is 144 Å². The molecule has 7 heteroatoms. The van der Waals surface area contributed by atoms with Crippen molar-refractivity contribution in [2.75, 3.05) is 6.61 Å². The Hall–Kier alpha value is -3.09. The van der Waals surface area contributed by atoms with Crippen LogP contribution in [0.25, 0.3) is 0 Å². The summed E-state index contributed by atoms with van der Waals surface area (Å²) >= 11 is 0. The smallest absolute Gasteiger partial charge is 0.269 e. The van der Waals surface area contributed by atoms with E-state index in [0.717, 1.165) is 0 Å². The lowest BCUT2D eigenvalue weighted by molar-refractivity contribution is -0.384. The van der Waals surface area contributed by atoms with Crippen molar-refractivity contribution >= 4 is 11.6 Å². The molecular weight excluding hydrogens is 324 g/mol. The van der Waals surface area contributed by atoms with Crippen molar-refractivity contribution in [3.63, 3.8) is 0 Å². The maximum Gasteiger partial charge on any atom is 0.269 e. The van der Waals surface area contributed by atoms with Gasteiger partial charge in [0, 0.05) is 12.1 Å². The van der Waals surface area contributed by atoms with Gasteiger partial charge in [-0.15, -0.1) is 0 Å². The van der Waals surface area contributed by atoms with Crippen LogP contribution in [0.4, 0.5) is 5.69 Å². The van der Waals surface area contributed by atoms with Gasteiger partial charge in [0.2, 0.25) is 5.91 Å². The van der Waals surface area contributed by atoms with Crippen LogP contribution in [0.5, 0.6) is 11.5 Å². The number of hydrogen-bond donors (Lipinski definition) is 1. The van der Waals surface area contributed by atoms with Gasteiger partial charge in [0.15, 0.2) is 17.6 Å². The Balaban J connectivity index is 1.55. The summed E-state index contributed by atoms with van der Waals surface area (Å²) in [7, 11) is 0. The van der Waals surface area contributed by atoms with E-state index in [4.69, 9.17) is 9.47 Å². The molecule has 7 nitrogen and oxygen atoms in total. The van der Waals surface area contributed by atoms with Gasteiger partial charge < -0.3 is 14.8 Å². The number of nitrogens with one attached hydrogen (secondary N) is 1. The lowest BCUT2D eigenvalue weighted by atomic mass is 10.1. The third-order valence-corrected chi connectivity index (χ3v) is 3.99. The largest absolute Gasteiger partial charge is 0.486 e. The van der Waals surface area contributed by atoms with E-state index in [2.05, 4.69) is 5.32 Å². The molecule has 0 fully saturated rings. The number of nitro groups is 1. The van der Waals surface area contributed by atoms with Crippen LogP contribution in [0.2, 0.25) is 0 Å². The highest BCUT2D eigenvalue weighted by molar-refractivity contribution is 5.79. The maximum absolute atomic E-state index is 12.2. The third kappa shape index (κ3) is 4.06. The lowest BCUT2D eigenvalue weighted by Crippen LogP contribution is -2.48. The van der Waals surface area contributed by atoms with Gasteiger partial charge in [-0.05, 0) is 24.6 Å². The molecule has 3 rings (SSSR count). The van der Waals surface area contributed by atoms with E-state index in [1.165, 1.54) is 12.1 Å². The average molecular weight is 342 g/mol. The van der Waals surface area contributed by atoms with Crippen LogP contribution >= 0.6 is 0 Å². The predicted octanol–water partition coefficient (Wildman–Crippen LogP) is 2.48. The molecule has 1 aliphatic rings. The van der Waals surface area contributed by atoms with Crippen molar-refractivity contribution in [3.8, 4) is 11.5 Å². The summed E-state index contributed by atoms with van der Waals surface area (Å²) in [5.41, 5.74) is 0.713. The predicted molar refractivity (Wildman–Crippen MR) is 90.8 cm³/mol. The fraction of sp³-hybridized carbons (Fsp3) is 0.278. The van der Waals surface area contributed by atoms with Crippen LogP contribution in [-0.2, 0) is 11.2 Å². The zero-order valence-corrected chi connectivity index (χ0v) is 13.7. The summed E-state index contributed by atoms with van der Waals surface area (Å²) in [6, 6.07) is 13.1. The van der Waals surface area contributed by atoms with Crippen LogP contribution in [0.1, 0.15) is 12.5 Å². The van der Waals surface area contributed by atoms with E-state index in [0.29, 0.717) is 23.7 Å². The second-order valence-corrected chi connectivity index (χ2v) is 5.87. The Kier molecular flexibility index (Phi) is 4.83. The van der Waals surface area contributed by atoms with Gasteiger partial charge in [-0.3, -0.25) is 14.9 Å². The summed E-state index contributed by atoms with van der Waals surface area (Å²) in [5, 5.41) is 13.5. The zero-order valence-electron chi connectivity index (χ0n) is 13.7. The number of benzene rings is 2. The molecule has 2 aromatic carbocycles. The minimum Gasteiger partial charge on any atom is -0.486 e. The molecule has 0 unspecified atom stereocenters. The summed E-state index contributed by atoms with van der Waals surface area (Å²) in [4.78, 5) is 22.4. The van der Waals surface area contributed by atoms with Crippen LogP contribution < -0.4 is 14.8 Å². The molecule has 130 valence electrons. The van der Waals surface area contributed by atoms with E-state index in [-0.39, 0.29) is 30.2 Å². The fourth-order valence-corrected chi connectivity index (χ4v) is 2.60. The number of para-hydroxylation sites is 2. The number of carbonyl (C=O) groups excluding carboxylic acids is 1. The summed E-state index contributed by atoms with van der Waals surface area (Å²) < 4.78 is 11.5. The first kappa shape index (κ1) is 16.8. The average Bonchev–Trinajstić information content (AvgIpc) is 2.61. The Morgan fingerprint density at radius 3 is 2.60 bits per heavy atom. The number of rotatable bonds is 5. The van der Waals surface area contributed by atoms with Gasteiger partial charge in [-0.25, -0.2) is 0 Å². The zero-order chi connectivity index (χ0) is 17.8. The van der Waals surface area contributed by atoms with Crippen molar-refractivity contribution in [1.82, 2.24) is 5.32 Å². The SMILES string of the molecule is C[C@@H](NC(=O)Cc1ccc([N+](=O)[O-])cc1)[C@H]1COc2ccccc2O1. The number of amides is 1. The number of nitro benzene ring substituents is 1. The lowest BCUT2D eigenvalue weighted by Gasteiger charge is -2.30. The first-order chi connectivity index (χ1) is 12.0. The standard InChI is InChI=1S/C18H18N2O5/c1-12(17-11-24-15-4-2-3-5-16(15)25-17)19-18(21)10-13-6-8-14(9-7-13)20(22)23/h2-9,12,17H,10-11H2,1H3,(H,19,21)/t12-,17-/m1/s1. The molecule has 1 heterocycles. The molecule has 0 aromatic heterocycles. The van der Waals surface area contributed by atoms with Gasteiger partial charge in [-0.1, -0.05) is 24.3 Å². The first-order valence-electron chi connectivity index (χ1n) is 7.94. The first-order valence-corrected chi connectivity index (χ1v) is 7.94. The fourth-order valence-electron chi connectivity index (χ4n) is 2.60. The highest BCUT2D eigenvalue weighted by Gasteiger charge is 2.27. The number of carbonyl (C=O) groups is 1. The molecule has 1 amide bonds. The van der Waals surface area contributed by atoms with Crippen molar-refractivity contribution in [2.24, 2.45) is 0 Å². The summed E-state index contributed by atoms with van der Waals surface area (Å²) in [5.74, 6) is 1.18. The second kappa shape index (κ2) is 7.21. The van der Waals surface area contributed by atoms with Gasteiger partial charge >= 0.3 is 0 Å². The summed E-state index contributed by atoms with van der Waals surface area (Å²) in [6.45, 7) is 2.21. The molecule has 25 heavy (non-hydrogen) atoms. The minimum atomic E-state index is -0.468. The van der Waals surface area contributed by atoms with Crippen molar-refractivity contribution in [1.29, 1.82) is 0 Å². The highest BCUT2D eigenvalue weighted by Crippen LogP contribution is 2.31. The number of fused-ring (bicyclic) bond motifs is 1. The normalized spacial score (nSPS) is 16.8. The Morgan fingerprint density at radius 2 is 1.92 bits per heavy atom. The molecule has 0 aliphatic carbocycles. The quantitative estimate of drug-likeness (QED) is 0.666. The van der Waals surface area contributed by atoms with Crippen molar-refractivity contribution in [3.05, 3.63) is 64.2 Å². The molecule has 0 spiro atoms. The molecular formula is C18H18N2O5. The molecule has 0 radical (unpaired) electrons. The molecule has 2 aromatic rings. The van der Waals surface area contributed by atoms with Gasteiger partial charge in [-0.2, -0.15) is 0 Å². The van der Waals surface area contributed by atoms with E-state index in [1.807, 2.05) is 31.2 Å². The van der Waals surface area contributed by atoms with Crippen LogP contribution in [0, 0.1) is 10.1 Å². The Morgan fingerprint density at radius 1 is 1.24 bits per heavy atom. The monoisotopic (exact) mass is 342 g/mol. The second-order valence-electron chi connectivity index (χ2n) is 5.87. The molecule has 0 saturated carbocycles. The number of ether oxygens (including phenoxy) is 2. The van der Waals surface area contributed by atoms with Crippen LogP contribution in [0.3, 0.4) is 0 Å². The molecule has 0 bridgehead atoms. The van der Waals surface area contributed by atoms with Gasteiger partial charge in [0.05, 0.1) is 17.4 Å². The molecule has 1 N–H and O–H groups in total. The van der Waals surface area contributed by atoms with Crippen molar-refractivity contribution in [2.45, 2.75) is 25.5 Å². The molecule has 1 aliphatic heterocycles. The number of non-ortho nitro benzene ring substituents is 1.